The Morgan fingerprint density at radius 1 is 0.345 bits per heavy atom. The smallest absolute Gasteiger partial charge is 0.137 e. The van der Waals surface area contributed by atoms with Crippen molar-refractivity contribution in [3.63, 3.8) is 0 Å². The monoisotopic (exact) mass is 719 g/mol. The van der Waals surface area contributed by atoms with Crippen LogP contribution >= 0.6 is 11.3 Å². The standard InChI is InChI=1S/C52H33NOS/c1-3-14-34(15-4-1)38-30-31-48(41-19-8-7-18-40(38)41)53(37-27-29-43-42-20-9-11-24-49(42)54-50(43)33-37)36-26-28-39(35-16-5-2-6-17-35)47(32-36)46-23-13-22-45-44-21-10-12-25-51(44)55-52(45)46/h1-33H. The number of benzene rings is 9. The summed E-state index contributed by atoms with van der Waals surface area (Å²) in [6.45, 7) is 0. The van der Waals surface area contributed by atoms with Crippen molar-refractivity contribution < 1.29 is 4.42 Å². The summed E-state index contributed by atoms with van der Waals surface area (Å²) in [7, 11) is 0. The van der Waals surface area contributed by atoms with Gasteiger partial charge in [-0.1, -0.05) is 152 Å². The summed E-state index contributed by atoms with van der Waals surface area (Å²) in [6, 6.07) is 72.2. The summed E-state index contributed by atoms with van der Waals surface area (Å²) in [5.74, 6) is 0. The highest BCUT2D eigenvalue weighted by Gasteiger charge is 2.22. The normalized spacial score (nSPS) is 11.6. The molecule has 55 heavy (non-hydrogen) atoms. The van der Waals surface area contributed by atoms with Crippen LogP contribution in [0.15, 0.2) is 205 Å². The van der Waals surface area contributed by atoms with E-state index in [4.69, 9.17) is 4.42 Å². The van der Waals surface area contributed by atoms with Gasteiger partial charge in [0.05, 0.1) is 5.69 Å². The molecule has 0 aliphatic rings. The zero-order chi connectivity index (χ0) is 36.3. The van der Waals surface area contributed by atoms with E-state index in [1.165, 1.54) is 64.3 Å². The van der Waals surface area contributed by atoms with Crippen molar-refractivity contribution in [2.45, 2.75) is 0 Å². The van der Waals surface area contributed by atoms with Crippen molar-refractivity contribution in [2.75, 3.05) is 4.90 Å². The third kappa shape index (κ3) is 5.24. The summed E-state index contributed by atoms with van der Waals surface area (Å²) in [4.78, 5) is 2.41. The topological polar surface area (TPSA) is 16.4 Å². The fourth-order valence-electron chi connectivity index (χ4n) is 8.35. The maximum absolute atomic E-state index is 6.50. The summed E-state index contributed by atoms with van der Waals surface area (Å²) in [5, 5.41) is 7.20. The third-order valence-corrected chi connectivity index (χ3v) is 12.1. The number of nitrogens with zero attached hydrogens (tertiary/aromatic N) is 1. The van der Waals surface area contributed by atoms with Gasteiger partial charge in [-0.15, -0.1) is 11.3 Å². The molecule has 11 rings (SSSR count). The fourth-order valence-corrected chi connectivity index (χ4v) is 9.58. The van der Waals surface area contributed by atoms with Crippen LogP contribution in [0.4, 0.5) is 17.1 Å². The van der Waals surface area contributed by atoms with Gasteiger partial charge in [-0.3, -0.25) is 0 Å². The molecule has 2 heterocycles. The number of para-hydroxylation sites is 1. The number of furan rings is 1. The number of anilines is 3. The van der Waals surface area contributed by atoms with Crippen LogP contribution in [-0.2, 0) is 0 Å². The quantitative estimate of drug-likeness (QED) is 0.170. The molecule has 0 atom stereocenters. The minimum absolute atomic E-state index is 0.866. The second-order valence-electron chi connectivity index (χ2n) is 14.0. The van der Waals surface area contributed by atoms with Crippen LogP contribution in [-0.4, -0.2) is 0 Å². The molecule has 258 valence electrons. The fraction of sp³-hybridized carbons (Fsp3) is 0. The van der Waals surface area contributed by atoms with E-state index in [1.54, 1.807) is 0 Å². The van der Waals surface area contributed by atoms with E-state index in [0.29, 0.717) is 0 Å². The number of hydrogen-bond acceptors (Lipinski definition) is 3. The lowest BCUT2D eigenvalue weighted by molar-refractivity contribution is 0.669. The molecule has 0 radical (unpaired) electrons. The zero-order valence-electron chi connectivity index (χ0n) is 29.8. The highest BCUT2D eigenvalue weighted by Crippen LogP contribution is 2.48. The first-order valence-corrected chi connectivity index (χ1v) is 19.5. The van der Waals surface area contributed by atoms with Crippen molar-refractivity contribution >= 4 is 81.3 Å². The number of rotatable bonds is 6. The van der Waals surface area contributed by atoms with E-state index in [9.17, 15) is 0 Å². The first kappa shape index (κ1) is 31.6. The summed E-state index contributed by atoms with van der Waals surface area (Å²) >= 11 is 1.87. The van der Waals surface area contributed by atoms with Crippen LogP contribution in [0, 0.1) is 0 Å². The molecule has 0 spiro atoms. The van der Waals surface area contributed by atoms with Crippen LogP contribution in [0.1, 0.15) is 0 Å². The second-order valence-corrected chi connectivity index (χ2v) is 15.1. The maximum atomic E-state index is 6.50. The Balaban J connectivity index is 1.20. The predicted molar refractivity (Wildman–Crippen MR) is 235 cm³/mol. The van der Waals surface area contributed by atoms with E-state index in [2.05, 4.69) is 193 Å². The maximum Gasteiger partial charge on any atom is 0.137 e. The van der Waals surface area contributed by atoms with E-state index in [-0.39, 0.29) is 0 Å². The molecule has 2 aromatic heterocycles. The minimum atomic E-state index is 0.866. The Morgan fingerprint density at radius 2 is 0.945 bits per heavy atom. The molecule has 0 fully saturated rings. The van der Waals surface area contributed by atoms with Gasteiger partial charge in [0, 0.05) is 59.3 Å². The van der Waals surface area contributed by atoms with Gasteiger partial charge in [0.15, 0.2) is 0 Å². The summed E-state index contributed by atoms with van der Waals surface area (Å²) < 4.78 is 9.10. The predicted octanol–water partition coefficient (Wildman–Crippen LogP) is 15.6. The molecular weight excluding hydrogens is 687 g/mol. The van der Waals surface area contributed by atoms with E-state index >= 15 is 0 Å². The Hall–Kier alpha value is -6.94. The average molecular weight is 720 g/mol. The molecule has 0 aliphatic heterocycles. The lowest BCUT2D eigenvalue weighted by Gasteiger charge is -2.28. The molecule has 3 heteroatoms. The van der Waals surface area contributed by atoms with Gasteiger partial charge in [0.25, 0.3) is 0 Å². The van der Waals surface area contributed by atoms with Crippen LogP contribution < -0.4 is 4.90 Å². The van der Waals surface area contributed by atoms with Crippen LogP contribution in [0.5, 0.6) is 0 Å². The van der Waals surface area contributed by atoms with Crippen LogP contribution in [0.25, 0.3) is 86.3 Å². The van der Waals surface area contributed by atoms with Crippen molar-refractivity contribution in [3.8, 4) is 33.4 Å². The van der Waals surface area contributed by atoms with Crippen molar-refractivity contribution in [3.05, 3.63) is 200 Å². The molecule has 0 unspecified atom stereocenters. The van der Waals surface area contributed by atoms with E-state index in [0.717, 1.165) is 39.0 Å². The Labute approximate surface area is 322 Å². The molecule has 0 saturated heterocycles. The number of thiophene rings is 1. The Morgan fingerprint density at radius 3 is 1.76 bits per heavy atom. The van der Waals surface area contributed by atoms with Crippen molar-refractivity contribution in [1.29, 1.82) is 0 Å². The van der Waals surface area contributed by atoms with Gasteiger partial charge in [-0.05, 0) is 75.7 Å². The molecule has 0 amide bonds. The first-order chi connectivity index (χ1) is 27.3. The average Bonchev–Trinajstić information content (AvgIpc) is 3.83. The van der Waals surface area contributed by atoms with Gasteiger partial charge in [0.1, 0.15) is 11.2 Å². The van der Waals surface area contributed by atoms with Gasteiger partial charge in [0.2, 0.25) is 0 Å². The summed E-state index contributed by atoms with van der Waals surface area (Å²) in [5.41, 5.74) is 12.2. The summed E-state index contributed by atoms with van der Waals surface area (Å²) in [6.07, 6.45) is 0. The largest absolute Gasteiger partial charge is 0.456 e. The molecular formula is C52H33NOS. The Bertz CT molecular complexity index is 3210. The first-order valence-electron chi connectivity index (χ1n) is 18.7. The highest BCUT2D eigenvalue weighted by molar-refractivity contribution is 7.26. The van der Waals surface area contributed by atoms with Crippen LogP contribution in [0.2, 0.25) is 0 Å². The molecule has 2 nitrogen and oxygen atoms in total. The van der Waals surface area contributed by atoms with Crippen molar-refractivity contribution in [1.82, 2.24) is 0 Å². The number of fused-ring (bicyclic) bond motifs is 7. The highest BCUT2D eigenvalue weighted by atomic mass is 32.1. The van der Waals surface area contributed by atoms with Gasteiger partial charge in [-0.25, -0.2) is 0 Å². The molecule has 9 aromatic carbocycles. The molecule has 11 aromatic rings. The molecule has 0 aliphatic carbocycles. The zero-order valence-corrected chi connectivity index (χ0v) is 30.6. The van der Waals surface area contributed by atoms with Gasteiger partial charge < -0.3 is 9.32 Å². The SMILES string of the molecule is c1ccc(-c2ccc(N(c3ccc4c(c3)oc3ccccc34)c3ccc(-c4ccccc4)c4ccccc34)cc2-c2cccc3c2sc2ccccc23)cc1. The minimum Gasteiger partial charge on any atom is -0.456 e. The van der Waals surface area contributed by atoms with Gasteiger partial charge >= 0.3 is 0 Å². The van der Waals surface area contributed by atoms with Gasteiger partial charge in [-0.2, -0.15) is 0 Å². The second kappa shape index (κ2) is 12.9. The number of hydrogen-bond donors (Lipinski definition) is 0. The van der Waals surface area contributed by atoms with E-state index in [1.807, 2.05) is 23.5 Å². The van der Waals surface area contributed by atoms with Crippen LogP contribution in [0.3, 0.4) is 0 Å². The molecule has 0 saturated carbocycles. The third-order valence-electron chi connectivity index (χ3n) is 10.9. The Kier molecular flexibility index (Phi) is 7.39. The molecule has 0 N–H and O–H groups in total. The lowest BCUT2D eigenvalue weighted by Crippen LogP contribution is -2.11. The lowest BCUT2D eigenvalue weighted by atomic mass is 9.92. The molecule has 0 bridgehead atoms. The van der Waals surface area contributed by atoms with E-state index < -0.39 is 0 Å². The van der Waals surface area contributed by atoms with Crippen molar-refractivity contribution in [2.24, 2.45) is 0 Å².